The summed E-state index contributed by atoms with van der Waals surface area (Å²) in [5.74, 6) is -2.28. The highest BCUT2D eigenvalue weighted by molar-refractivity contribution is 6.01. The van der Waals surface area contributed by atoms with Crippen molar-refractivity contribution in [2.75, 3.05) is 28.4 Å². The first-order chi connectivity index (χ1) is 12.8. The van der Waals surface area contributed by atoms with Gasteiger partial charge in [-0.2, -0.15) is 0 Å². The van der Waals surface area contributed by atoms with Gasteiger partial charge in [-0.05, 0) is 56.8 Å². The average molecular weight is 384 g/mol. The van der Waals surface area contributed by atoms with Gasteiger partial charge in [0, 0.05) is 0 Å². The predicted molar refractivity (Wildman–Crippen MR) is 92.3 cm³/mol. The second-order valence-electron chi connectivity index (χ2n) is 7.63. The summed E-state index contributed by atoms with van der Waals surface area (Å²) in [5, 5.41) is 0. The summed E-state index contributed by atoms with van der Waals surface area (Å²) in [6.07, 6.45) is 3.80. The van der Waals surface area contributed by atoms with E-state index in [-0.39, 0.29) is 5.41 Å². The lowest BCUT2D eigenvalue weighted by molar-refractivity contribution is -0.177. The van der Waals surface area contributed by atoms with E-state index < -0.39 is 34.7 Å². The standard InChI is InChI=1S/C19H28O8/c1-24-13(20)18(14(21)25-2)9-5-17(6-10-18)7-11-19(12-8-17,15(22)26-3)16(23)27-4/h5-12H2,1-4H3. The van der Waals surface area contributed by atoms with Gasteiger partial charge in [0.2, 0.25) is 0 Å². The largest absolute Gasteiger partial charge is 0.468 e. The summed E-state index contributed by atoms with van der Waals surface area (Å²) in [4.78, 5) is 49.1. The Morgan fingerprint density at radius 1 is 0.481 bits per heavy atom. The van der Waals surface area contributed by atoms with Crippen molar-refractivity contribution in [2.45, 2.75) is 51.4 Å². The second kappa shape index (κ2) is 7.86. The molecule has 2 saturated carbocycles. The number of carbonyl (C=O) groups is 4. The van der Waals surface area contributed by atoms with Gasteiger partial charge in [-0.1, -0.05) is 0 Å². The Labute approximate surface area is 158 Å². The molecule has 0 aromatic heterocycles. The smallest absolute Gasteiger partial charge is 0.323 e. The van der Waals surface area contributed by atoms with Crippen LogP contribution in [0.2, 0.25) is 0 Å². The summed E-state index contributed by atoms with van der Waals surface area (Å²) < 4.78 is 19.4. The molecule has 0 amide bonds. The second-order valence-corrected chi connectivity index (χ2v) is 7.63. The van der Waals surface area contributed by atoms with Gasteiger partial charge >= 0.3 is 23.9 Å². The van der Waals surface area contributed by atoms with Gasteiger partial charge in [-0.15, -0.1) is 0 Å². The third-order valence-electron chi connectivity index (χ3n) is 6.63. The molecule has 8 heteroatoms. The van der Waals surface area contributed by atoms with Crippen LogP contribution in [-0.4, -0.2) is 52.3 Å². The SMILES string of the molecule is COC(=O)C1(C(=O)OC)CCC2(CC1)CCC(C(=O)OC)(C(=O)OC)CC2. The maximum Gasteiger partial charge on any atom is 0.323 e. The number of carbonyl (C=O) groups excluding carboxylic acids is 4. The Morgan fingerprint density at radius 3 is 0.889 bits per heavy atom. The first kappa shape index (κ1) is 21.2. The number of esters is 4. The van der Waals surface area contributed by atoms with Crippen LogP contribution in [0.4, 0.5) is 0 Å². The molecule has 0 bridgehead atoms. The molecule has 2 fully saturated rings. The molecule has 0 aromatic carbocycles. The highest BCUT2D eigenvalue weighted by Gasteiger charge is 2.58. The highest BCUT2D eigenvalue weighted by Crippen LogP contribution is 2.56. The Morgan fingerprint density at radius 2 is 0.704 bits per heavy atom. The first-order valence-electron chi connectivity index (χ1n) is 9.09. The lowest BCUT2D eigenvalue weighted by Gasteiger charge is -2.48. The molecule has 0 atom stereocenters. The zero-order chi connectivity index (χ0) is 20.3. The fourth-order valence-corrected chi connectivity index (χ4v) is 4.68. The normalized spacial score (nSPS) is 22.4. The highest BCUT2D eigenvalue weighted by atomic mass is 16.6. The Hall–Kier alpha value is -2.12. The van der Waals surface area contributed by atoms with Crippen LogP contribution < -0.4 is 0 Å². The van der Waals surface area contributed by atoms with Gasteiger partial charge < -0.3 is 18.9 Å². The number of hydrogen-bond acceptors (Lipinski definition) is 8. The molecule has 0 radical (unpaired) electrons. The molecular weight excluding hydrogens is 356 g/mol. The molecule has 0 aliphatic heterocycles. The monoisotopic (exact) mass is 384 g/mol. The minimum atomic E-state index is -1.27. The van der Waals surface area contributed by atoms with Gasteiger partial charge in [-0.25, -0.2) is 0 Å². The average Bonchev–Trinajstić information content (AvgIpc) is 2.72. The minimum Gasteiger partial charge on any atom is -0.468 e. The van der Waals surface area contributed by atoms with Crippen LogP contribution in [0.15, 0.2) is 0 Å². The molecule has 27 heavy (non-hydrogen) atoms. The summed E-state index contributed by atoms with van der Waals surface area (Å²) in [7, 11) is 5.05. The van der Waals surface area contributed by atoms with Gasteiger partial charge in [0.25, 0.3) is 0 Å². The third kappa shape index (κ3) is 3.41. The maximum absolute atomic E-state index is 12.3. The van der Waals surface area contributed by atoms with Gasteiger partial charge in [-0.3, -0.25) is 19.2 Å². The zero-order valence-electron chi connectivity index (χ0n) is 16.4. The maximum atomic E-state index is 12.3. The predicted octanol–water partition coefficient (Wildman–Crippen LogP) is 1.79. The number of hydrogen-bond donors (Lipinski definition) is 0. The molecule has 0 aromatic rings. The Balaban J connectivity index is 2.16. The molecule has 0 N–H and O–H groups in total. The lowest BCUT2D eigenvalue weighted by Crippen LogP contribution is -2.50. The molecule has 152 valence electrons. The summed E-state index contributed by atoms with van der Waals surface area (Å²) >= 11 is 0. The molecule has 0 unspecified atom stereocenters. The van der Waals surface area contributed by atoms with E-state index in [1.807, 2.05) is 0 Å². The van der Waals surface area contributed by atoms with Crippen molar-refractivity contribution in [2.24, 2.45) is 16.2 Å². The van der Waals surface area contributed by atoms with Crippen LogP contribution in [0.3, 0.4) is 0 Å². The molecule has 2 aliphatic rings. The van der Waals surface area contributed by atoms with Crippen LogP contribution in [0, 0.1) is 16.2 Å². The molecule has 8 nitrogen and oxygen atoms in total. The van der Waals surface area contributed by atoms with Crippen molar-refractivity contribution >= 4 is 23.9 Å². The third-order valence-corrected chi connectivity index (χ3v) is 6.63. The molecule has 0 saturated heterocycles. The van der Waals surface area contributed by atoms with E-state index in [0.717, 1.165) is 0 Å². The fourth-order valence-electron chi connectivity index (χ4n) is 4.68. The van der Waals surface area contributed by atoms with E-state index >= 15 is 0 Å². The number of methoxy groups -OCH3 is 4. The topological polar surface area (TPSA) is 105 Å². The number of rotatable bonds is 4. The van der Waals surface area contributed by atoms with E-state index in [1.165, 1.54) is 28.4 Å². The van der Waals surface area contributed by atoms with Crippen LogP contribution in [0.5, 0.6) is 0 Å². The number of ether oxygens (including phenoxy) is 4. The van der Waals surface area contributed by atoms with E-state index in [9.17, 15) is 19.2 Å². The summed E-state index contributed by atoms with van der Waals surface area (Å²) in [5.41, 5.74) is -2.67. The van der Waals surface area contributed by atoms with Crippen LogP contribution >= 0.6 is 0 Å². The molecular formula is C19H28O8. The van der Waals surface area contributed by atoms with Gasteiger partial charge in [0.1, 0.15) is 0 Å². The van der Waals surface area contributed by atoms with Crippen molar-refractivity contribution in [1.82, 2.24) is 0 Å². The van der Waals surface area contributed by atoms with Crippen molar-refractivity contribution in [3.05, 3.63) is 0 Å². The fraction of sp³-hybridized carbons (Fsp3) is 0.789. The molecule has 1 spiro atoms. The lowest BCUT2D eigenvalue weighted by atomic mass is 9.55. The van der Waals surface area contributed by atoms with Gasteiger partial charge in [0.05, 0.1) is 28.4 Å². The zero-order valence-corrected chi connectivity index (χ0v) is 16.4. The minimum absolute atomic E-state index is 0.128. The summed E-state index contributed by atoms with van der Waals surface area (Å²) in [6, 6.07) is 0. The van der Waals surface area contributed by atoms with Crippen molar-refractivity contribution in [3.63, 3.8) is 0 Å². The van der Waals surface area contributed by atoms with Crippen molar-refractivity contribution in [3.8, 4) is 0 Å². The van der Waals surface area contributed by atoms with Crippen molar-refractivity contribution < 1.29 is 38.1 Å². The van der Waals surface area contributed by atoms with Crippen molar-refractivity contribution in [1.29, 1.82) is 0 Å². The van der Waals surface area contributed by atoms with E-state index in [1.54, 1.807) is 0 Å². The van der Waals surface area contributed by atoms with Crippen LogP contribution in [0.1, 0.15) is 51.4 Å². The first-order valence-corrected chi connectivity index (χ1v) is 9.09. The van der Waals surface area contributed by atoms with Crippen LogP contribution in [-0.2, 0) is 38.1 Å². The van der Waals surface area contributed by atoms with E-state index in [2.05, 4.69) is 0 Å². The quantitative estimate of drug-likeness (QED) is 0.410. The molecule has 2 rings (SSSR count). The molecule has 2 aliphatic carbocycles. The van der Waals surface area contributed by atoms with Gasteiger partial charge in [0.15, 0.2) is 10.8 Å². The van der Waals surface area contributed by atoms with E-state index in [4.69, 9.17) is 18.9 Å². The summed E-state index contributed by atoms with van der Waals surface area (Å²) in [6.45, 7) is 0. The molecule has 0 heterocycles. The Kier molecular flexibility index (Phi) is 6.17. The van der Waals surface area contributed by atoms with Crippen LogP contribution in [0.25, 0.3) is 0 Å². The Bertz CT molecular complexity index is 514. The van der Waals surface area contributed by atoms with E-state index in [0.29, 0.717) is 51.4 Å².